The summed E-state index contributed by atoms with van der Waals surface area (Å²) in [5.74, 6) is -0.600. The van der Waals surface area contributed by atoms with E-state index in [9.17, 15) is 9.59 Å². The molecular formula is C20H16N2O3S. The standard InChI is InChI=1S/C20H16N2O3S/c1-12-2-4-13(5-3-12)17-11-15-10-14(6-7-16(15)19(24)25-17)18(23)22-20-21-8-9-26-20/h2-10,17H,11H2,1H3,(H,21,22,23)/t17-/m0/s1. The van der Waals surface area contributed by atoms with E-state index >= 15 is 0 Å². The molecule has 0 unspecified atom stereocenters. The first-order valence-corrected chi connectivity index (χ1v) is 9.09. The molecule has 130 valence electrons. The Balaban J connectivity index is 1.60. The zero-order valence-electron chi connectivity index (χ0n) is 14.1. The van der Waals surface area contributed by atoms with E-state index in [1.165, 1.54) is 11.3 Å². The number of benzene rings is 2. The van der Waals surface area contributed by atoms with Crippen LogP contribution in [0.25, 0.3) is 0 Å². The molecule has 0 spiro atoms. The fraction of sp³-hybridized carbons (Fsp3) is 0.150. The van der Waals surface area contributed by atoms with Crippen LogP contribution in [0.3, 0.4) is 0 Å². The number of hydrogen-bond acceptors (Lipinski definition) is 5. The smallest absolute Gasteiger partial charge is 0.339 e. The lowest BCUT2D eigenvalue weighted by Gasteiger charge is -2.25. The van der Waals surface area contributed by atoms with Crippen LogP contribution >= 0.6 is 11.3 Å². The van der Waals surface area contributed by atoms with Gasteiger partial charge in [-0.1, -0.05) is 29.8 Å². The van der Waals surface area contributed by atoms with Gasteiger partial charge in [0.15, 0.2) is 5.13 Å². The van der Waals surface area contributed by atoms with Gasteiger partial charge in [-0.05, 0) is 36.2 Å². The number of carbonyl (C=O) groups is 2. The van der Waals surface area contributed by atoms with E-state index in [1.807, 2.05) is 31.2 Å². The van der Waals surface area contributed by atoms with Crippen molar-refractivity contribution in [2.24, 2.45) is 0 Å². The average molecular weight is 364 g/mol. The molecule has 2 heterocycles. The lowest BCUT2D eigenvalue weighted by atomic mass is 9.93. The minimum Gasteiger partial charge on any atom is -0.454 e. The van der Waals surface area contributed by atoms with Gasteiger partial charge in [-0.3, -0.25) is 10.1 Å². The van der Waals surface area contributed by atoms with Crippen LogP contribution in [0.4, 0.5) is 5.13 Å². The van der Waals surface area contributed by atoms with E-state index < -0.39 is 0 Å². The van der Waals surface area contributed by atoms with E-state index in [1.54, 1.807) is 29.8 Å². The molecule has 0 fully saturated rings. The summed E-state index contributed by atoms with van der Waals surface area (Å²) in [5.41, 5.74) is 3.93. The van der Waals surface area contributed by atoms with Crippen LogP contribution in [0.5, 0.6) is 0 Å². The van der Waals surface area contributed by atoms with Crippen molar-refractivity contribution in [2.45, 2.75) is 19.4 Å². The third kappa shape index (κ3) is 3.23. The molecule has 6 heteroatoms. The molecular weight excluding hydrogens is 348 g/mol. The maximum Gasteiger partial charge on any atom is 0.339 e. The van der Waals surface area contributed by atoms with Gasteiger partial charge < -0.3 is 4.74 Å². The molecule has 0 radical (unpaired) electrons. The summed E-state index contributed by atoms with van der Waals surface area (Å²) in [6.45, 7) is 2.01. The highest BCUT2D eigenvalue weighted by molar-refractivity contribution is 7.13. The fourth-order valence-corrected chi connectivity index (χ4v) is 3.48. The minimum atomic E-state index is -0.358. The second-order valence-electron chi connectivity index (χ2n) is 6.17. The molecule has 0 saturated carbocycles. The number of cyclic esters (lactones) is 1. The van der Waals surface area contributed by atoms with Crippen LogP contribution in [0.2, 0.25) is 0 Å². The predicted octanol–water partition coefficient (Wildman–Crippen LogP) is 4.16. The summed E-state index contributed by atoms with van der Waals surface area (Å²) in [4.78, 5) is 28.8. The molecule has 1 aromatic heterocycles. The van der Waals surface area contributed by atoms with Crippen molar-refractivity contribution in [3.05, 3.63) is 81.9 Å². The second-order valence-corrected chi connectivity index (χ2v) is 7.07. The number of rotatable bonds is 3. The van der Waals surface area contributed by atoms with Crippen molar-refractivity contribution >= 4 is 28.3 Å². The van der Waals surface area contributed by atoms with Gasteiger partial charge in [0.1, 0.15) is 6.10 Å². The molecule has 1 N–H and O–H groups in total. The van der Waals surface area contributed by atoms with Crippen LogP contribution in [-0.2, 0) is 11.2 Å². The largest absolute Gasteiger partial charge is 0.454 e. The molecule has 0 bridgehead atoms. The number of fused-ring (bicyclic) bond motifs is 1. The van der Waals surface area contributed by atoms with Gasteiger partial charge in [-0.2, -0.15) is 0 Å². The van der Waals surface area contributed by atoms with Crippen LogP contribution in [0.1, 0.15) is 43.5 Å². The Hall–Kier alpha value is -2.99. The van der Waals surface area contributed by atoms with Crippen molar-refractivity contribution in [2.75, 3.05) is 5.32 Å². The Bertz CT molecular complexity index is 965. The number of thiazole rings is 1. The summed E-state index contributed by atoms with van der Waals surface area (Å²) < 4.78 is 5.58. The summed E-state index contributed by atoms with van der Waals surface area (Å²) in [7, 11) is 0. The molecule has 1 aliphatic heterocycles. The van der Waals surface area contributed by atoms with Crippen LogP contribution in [-0.4, -0.2) is 16.9 Å². The number of esters is 1. The van der Waals surface area contributed by atoms with Crippen molar-refractivity contribution in [3.8, 4) is 0 Å². The number of amides is 1. The Morgan fingerprint density at radius 2 is 2.04 bits per heavy atom. The minimum absolute atomic E-state index is 0.242. The van der Waals surface area contributed by atoms with Gasteiger partial charge in [-0.25, -0.2) is 9.78 Å². The number of nitrogens with zero attached hydrogens (tertiary/aromatic N) is 1. The number of hydrogen-bond donors (Lipinski definition) is 1. The first-order valence-electron chi connectivity index (χ1n) is 8.21. The van der Waals surface area contributed by atoms with Crippen molar-refractivity contribution in [1.82, 2.24) is 4.98 Å². The molecule has 1 aliphatic rings. The molecule has 5 nitrogen and oxygen atoms in total. The van der Waals surface area contributed by atoms with Gasteiger partial charge in [0.25, 0.3) is 5.91 Å². The SMILES string of the molecule is Cc1ccc([C@@H]2Cc3cc(C(=O)Nc4nccs4)ccc3C(=O)O2)cc1. The molecule has 1 atom stereocenters. The number of carbonyl (C=O) groups excluding carboxylic acids is 2. The Morgan fingerprint density at radius 3 is 2.77 bits per heavy atom. The molecule has 0 aliphatic carbocycles. The molecule has 2 aromatic carbocycles. The van der Waals surface area contributed by atoms with Gasteiger partial charge in [0.05, 0.1) is 5.56 Å². The molecule has 4 rings (SSSR count). The van der Waals surface area contributed by atoms with E-state index in [0.29, 0.717) is 22.7 Å². The zero-order chi connectivity index (χ0) is 18.1. The zero-order valence-corrected chi connectivity index (χ0v) is 14.9. The summed E-state index contributed by atoms with van der Waals surface area (Å²) >= 11 is 1.36. The third-order valence-electron chi connectivity index (χ3n) is 4.34. The van der Waals surface area contributed by atoms with Crippen molar-refractivity contribution in [3.63, 3.8) is 0 Å². The van der Waals surface area contributed by atoms with E-state index in [4.69, 9.17) is 4.74 Å². The van der Waals surface area contributed by atoms with Gasteiger partial charge in [-0.15, -0.1) is 11.3 Å². The Labute approximate surface area is 154 Å². The highest BCUT2D eigenvalue weighted by atomic mass is 32.1. The van der Waals surface area contributed by atoms with Gasteiger partial charge >= 0.3 is 5.97 Å². The lowest BCUT2D eigenvalue weighted by molar-refractivity contribution is 0.0252. The molecule has 26 heavy (non-hydrogen) atoms. The number of ether oxygens (including phenoxy) is 1. The summed E-state index contributed by atoms with van der Waals surface area (Å²) in [5, 5.41) is 5.10. The van der Waals surface area contributed by atoms with Crippen LogP contribution in [0, 0.1) is 6.92 Å². The highest BCUT2D eigenvalue weighted by Gasteiger charge is 2.28. The van der Waals surface area contributed by atoms with Crippen LogP contribution in [0.15, 0.2) is 54.0 Å². The summed E-state index contributed by atoms with van der Waals surface area (Å²) in [6, 6.07) is 13.0. The topological polar surface area (TPSA) is 68.3 Å². The Kier molecular flexibility index (Phi) is 4.26. The maximum atomic E-state index is 12.4. The normalized spacial score (nSPS) is 15.9. The van der Waals surface area contributed by atoms with Crippen molar-refractivity contribution < 1.29 is 14.3 Å². The first kappa shape index (κ1) is 16.5. The van der Waals surface area contributed by atoms with E-state index in [-0.39, 0.29) is 18.0 Å². The maximum absolute atomic E-state index is 12.4. The van der Waals surface area contributed by atoms with E-state index in [2.05, 4.69) is 10.3 Å². The molecule has 0 saturated heterocycles. The third-order valence-corrected chi connectivity index (χ3v) is 5.03. The van der Waals surface area contributed by atoms with E-state index in [0.717, 1.165) is 16.7 Å². The quantitative estimate of drug-likeness (QED) is 0.709. The monoisotopic (exact) mass is 364 g/mol. The number of aromatic nitrogens is 1. The predicted molar refractivity (Wildman–Crippen MR) is 99.5 cm³/mol. The number of nitrogens with one attached hydrogen (secondary N) is 1. The molecule has 3 aromatic rings. The molecule has 1 amide bonds. The highest BCUT2D eigenvalue weighted by Crippen LogP contribution is 2.31. The van der Waals surface area contributed by atoms with Gasteiger partial charge in [0, 0.05) is 23.6 Å². The first-order chi connectivity index (χ1) is 12.6. The second kappa shape index (κ2) is 6.72. The lowest BCUT2D eigenvalue weighted by Crippen LogP contribution is -2.23. The Morgan fingerprint density at radius 1 is 1.23 bits per heavy atom. The van der Waals surface area contributed by atoms with Gasteiger partial charge in [0.2, 0.25) is 0 Å². The van der Waals surface area contributed by atoms with Crippen LogP contribution < -0.4 is 5.32 Å². The number of anilines is 1. The summed E-state index contributed by atoms with van der Waals surface area (Å²) in [6.07, 6.45) is 1.84. The number of aryl methyl sites for hydroxylation is 1. The fourth-order valence-electron chi connectivity index (χ4n) is 2.96. The average Bonchev–Trinajstić information content (AvgIpc) is 3.14. The van der Waals surface area contributed by atoms with Crippen molar-refractivity contribution in [1.29, 1.82) is 0 Å².